The molecule has 2 aromatic heterocycles. The first kappa shape index (κ1) is 20.5. The van der Waals surface area contributed by atoms with E-state index in [2.05, 4.69) is 31.2 Å². The number of hydrogen-bond donors (Lipinski definition) is 1. The first-order chi connectivity index (χ1) is 14.9. The third kappa shape index (κ3) is 3.62. The molecule has 162 valence electrons. The molecule has 3 fully saturated rings. The Balaban J connectivity index is 1.51. The summed E-state index contributed by atoms with van der Waals surface area (Å²) in [5.74, 6) is 0.740. The van der Waals surface area contributed by atoms with Gasteiger partial charge in [0.2, 0.25) is 0 Å². The molecule has 6 rings (SSSR count). The molecule has 0 radical (unpaired) electrons. The number of pyridine rings is 1. The lowest BCUT2D eigenvalue weighted by atomic mass is 9.62. The molecular weight excluding hydrogens is 473 g/mol. The fourth-order valence-corrected chi connectivity index (χ4v) is 5.47. The second kappa shape index (κ2) is 7.93. The van der Waals surface area contributed by atoms with Crippen molar-refractivity contribution in [2.75, 3.05) is 5.32 Å². The van der Waals surface area contributed by atoms with Crippen LogP contribution in [0.25, 0.3) is 10.9 Å². The lowest BCUT2D eigenvalue weighted by Crippen LogP contribution is -2.40. The summed E-state index contributed by atoms with van der Waals surface area (Å²) in [7, 11) is 0. The van der Waals surface area contributed by atoms with Crippen LogP contribution in [-0.4, -0.2) is 14.5 Å². The summed E-state index contributed by atoms with van der Waals surface area (Å²) in [5, 5.41) is 3.67. The number of hydrogen-bond acceptors (Lipinski definition) is 4. The number of halogens is 4. The molecule has 2 bridgehead atoms. The third-order valence-electron chi connectivity index (χ3n) is 6.57. The zero-order chi connectivity index (χ0) is 21.7. The maximum atomic E-state index is 14.6. The zero-order valence-electron chi connectivity index (χ0n) is 16.4. The van der Waals surface area contributed by atoms with Gasteiger partial charge >= 0.3 is 0 Å². The average molecular weight is 493 g/mol. The number of rotatable bonds is 5. The third-order valence-corrected chi connectivity index (χ3v) is 7.29. The number of fused-ring (bicyclic) bond motifs is 3. The molecule has 3 aliphatic carbocycles. The van der Waals surface area contributed by atoms with E-state index in [1.165, 1.54) is 24.5 Å². The number of aromatic nitrogens is 3. The highest BCUT2D eigenvalue weighted by molar-refractivity contribution is 9.09. The Kier molecular flexibility index (Phi) is 5.24. The van der Waals surface area contributed by atoms with Gasteiger partial charge in [0, 0.05) is 23.9 Å². The van der Waals surface area contributed by atoms with Crippen molar-refractivity contribution in [3.8, 4) is 0 Å². The molecule has 2 atom stereocenters. The Bertz CT molecular complexity index is 1190. The SMILES string of the molecule is O=c1cc2ncnc(NC(Br)c3cccc(C(F)F)c3F)c2cn1[C@H]1CCC2CC1C2. The van der Waals surface area contributed by atoms with Gasteiger partial charge in [0.25, 0.3) is 12.0 Å². The Morgan fingerprint density at radius 3 is 2.65 bits per heavy atom. The summed E-state index contributed by atoms with van der Waals surface area (Å²) in [6, 6.07) is 5.54. The fourth-order valence-electron chi connectivity index (χ4n) is 4.90. The van der Waals surface area contributed by atoms with Crippen molar-refractivity contribution in [3.63, 3.8) is 0 Å². The van der Waals surface area contributed by atoms with Gasteiger partial charge in [-0.05, 0) is 37.5 Å². The molecule has 1 unspecified atom stereocenters. The fraction of sp³-hybridized carbons (Fsp3) is 0.409. The van der Waals surface area contributed by atoms with Gasteiger partial charge in [0.05, 0.1) is 16.5 Å². The molecule has 3 saturated carbocycles. The summed E-state index contributed by atoms with van der Waals surface area (Å²) in [4.78, 5) is 20.4. The highest BCUT2D eigenvalue weighted by Gasteiger charge is 2.41. The Morgan fingerprint density at radius 2 is 1.94 bits per heavy atom. The molecule has 0 amide bonds. The number of nitrogens with zero attached hydrogens (tertiary/aromatic N) is 3. The lowest BCUT2D eigenvalue weighted by molar-refractivity contribution is 0.0548. The zero-order valence-corrected chi connectivity index (χ0v) is 18.0. The van der Waals surface area contributed by atoms with E-state index in [9.17, 15) is 18.0 Å². The van der Waals surface area contributed by atoms with Crippen molar-refractivity contribution in [2.24, 2.45) is 11.8 Å². The summed E-state index contributed by atoms with van der Waals surface area (Å²) >= 11 is 3.34. The second-order valence-electron chi connectivity index (χ2n) is 8.34. The van der Waals surface area contributed by atoms with Crippen LogP contribution >= 0.6 is 15.9 Å². The van der Waals surface area contributed by atoms with Gasteiger partial charge in [-0.25, -0.2) is 23.1 Å². The van der Waals surface area contributed by atoms with Crippen molar-refractivity contribution >= 4 is 32.7 Å². The molecular formula is C22H20BrF3N4O. The monoisotopic (exact) mass is 492 g/mol. The molecule has 3 aliphatic rings. The van der Waals surface area contributed by atoms with Crippen molar-refractivity contribution in [3.05, 3.63) is 64.1 Å². The van der Waals surface area contributed by atoms with Crippen molar-refractivity contribution in [1.29, 1.82) is 0 Å². The summed E-state index contributed by atoms with van der Waals surface area (Å²) < 4.78 is 42.5. The van der Waals surface area contributed by atoms with Crippen LogP contribution < -0.4 is 10.9 Å². The van der Waals surface area contributed by atoms with Gasteiger partial charge in [-0.1, -0.05) is 34.1 Å². The van der Waals surface area contributed by atoms with E-state index >= 15 is 0 Å². The van der Waals surface area contributed by atoms with Gasteiger partial charge in [-0.15, -0.1) is 0 Å². The van der Waals surface area contributed by atoms with Gasteiger partial charge in [-0.3, -0.25) is 4.79 Å². The minimum absolute atomic E-state index is 0.0469. The van der Waals surface area contributed by atoms with E-state index in [1.54, 1.807) is 10.8 Å². The maximum Gasteiger partial charge on any atom is 0.266 e. The minimum Gasteiger partial charge on any atom is -0.353 e. The molecule has 9 heteroatoms. The highest BCUT2D eigenvalue weighted by Crippen LogP contribution is 2.50. The van der Waals surface area contributed by atoms with Crippen molar-refractivity contribution in [1.82, 2.24) is 14.5 Å². The van der Waals surface area contributed by atoms with Crippen molar-refractivity contribution in [2.45, 2.75) is 43.1 Å². The van der Waals surface area contributed by atoms with Gasteiger partial charge in [-0.2, -0.15) is 0 Å². The van der Waals surface area contributed by atoms with E-state index in [4.69, 9.17) is 0 Å². The predicted octanol–water partition coefficient (Wildman–Crippen LogP) is 5.73. The van der Waals surface area contributed by atoms with Crippen LogP contribution in [0.1, 0.15) is 54.2 Å². The second-order valence-corrected chi connectivity index (χ2v) is 9.26. The number of nitrogens with one attached hydrogen (secondary N) is 1. The van der Waals surface area contributed by atoms with E-state index < -0.39 is 22.8 Å². The Morgan fingerprint density at radius 1 is 1.16 bits per heavy atom. The summed E-state index contributed by atoms with van der Waals surface area (Å²) in [5.41, 5.74) is -0.229. The molecule has 5 nitrogen and oxygen atoms in total. The van der Waals surface area contributed by atoms with Crippen LogP contribution in [0.4, 0.5) is 19.0 Å². The largest absolute Gasteiger partial charge is 0.353 e. The van der Waals surface area contributed by atoms with Crippen LogP contribution in [0, 0.1) is 17.7 Å². The molecule has 1 aromatic carbocycles. The number of anilines is 1. The van der Waals surface area contributed by atoms with E-state index in [0.717, 1.165) is 37.7 Å². The molecule has 0 spiro atoms. The van der Waals surface area contributed by atoms with E-state index in [-0.39, 0.29) is 17.2 Å². The normalized spacial score (nSPS) is 23.6. The molecule has 3 aromatic rings. The topological polar surface area (TPSA) is 59.8 Å². The van der Waals surface area contributed by atoms with E-state index in [0.29, 0.717) is 22.6 Å². The van der Waals surface area contributed by atoms with Crippen LogP contribution in [0.15, 0.2) is 41.6 Å². The van der Waals surface area contributed by atoms with Crippen LogP contribution in [-0.2, 0) is 0 Å². The molecule has 0 aliphatic heterocycles. The molecule has 1 N–H and O–H groups in total. The van der Waals surface area contributed by atoms with Crippen LogP contribution in [0.2, 0.25) is 0 Å². The predicted molar refractivity (Wildman–Crippen MR) is 115 cm³/mol. The van der Waals surface area contributed by atoms with Crippen LogP contribution in [0.3, 0.4) is 0 Å². The number of alkyl halides is 3. The first-order valence-electron chi connectivity index (χ1n) is 10.3. The van der Waals surface area contributed by atoms with Crippen molar-refractivity contribution < 1.29 is 13.2 Å². The summed E-state index contributed by atoms with van der Waals surface area (Å²) in [6.07, 6.45) is 4.61. The summed E-state index contributed by atoms with van der Waals surface area (Å²) in [6.45, 7) is 0. The van der Waals surface area contributed by atoms with Crippen LogP contribution in [0.5, 0.6) is 0 Å². The minimum atomic E-state index is -2.91. The van der Waals surface area contributed by atoms with Gasteiger partial charge in [0.15, 0.2) is 0 Å². The maximum absolute atomic E-state index is 14.6. The first-order valence-corrected chi connectivity index (χ1v) is 11.2. The highest BCUT2D eigenvalue weighted by atomic mass is 79.9. The van der Waals surface area contributed by atoms with E-state index in [1.807, 2.05) is 0 Å². The van der Waals surface area contributed by atoms with Gasteiger partial charge in [0.1, 0.15) is 22.9 Å². The standard InChI is InChI=1S/C22H20BrF3N4O/c23-20(13-2-1-3-14(19(13)24)21(25)26)29-22-15-9-30(17-5-4-11-6-12(17)7-11)18(31)8-16(15)27-10-28-22/h1-3,8-12,17,20-21H,4-7H2,(H,27,28,29)/t11?,12?,17-,20?/m0/s1. The molecule has 0 saturated heterocycles. The molecule has 2 heterocycles. The molecule has 31 heavy (non-hydrogen) atoms. The quantitative estimate of drug-likeness (QED) is 0.364. The lowest BCUT2D eigenvalue weighted by Gasteiger charge is -2.47. The van der Waals surface area contributed by atoms with Gasteiger partial charge < -0.3 is 9.88 Å². The Hall–Kier alpha value is -2.42. The average Bonchev–Trinajstić information content (AvgIpc) is 2.72. The smallest absolute Gasteiger partial charge is 0.266 e. The number of benzene rings is 1. The Labute approximate surface area is 184 Å².